The van der Waals surface area contributed by atoms with Crippen LogP contribution < -0.4 is 0 Å². The minimum Gasteiger partial charge on any atom is -0.233 e. The van der Waals surface area contributed by atoms with Crippen molar-refractivity contribution in [3.05, 3.63) is 117 Å². The highest BCUT2D eigenvalue weighted by Crippen LogP contribution is 2.74. The van der Waals surface area contributed by atoms with Gasteiger partial charge in [-0.2, -0.15) is 0 Å². The molecule has 210 valence electrons. The summed E-state index contributed by atoms with van der Waals surface area (Å²) in [5.41, 5.74) is 19.6. The van der Waals surface area contributed by atoms with Gasteiger partial charge in [0, 0.05) is 10.5 Å². The molecule has 0 aliphatic heterocycles. The number of hydrogen-bond acceptors (Lipinski definition) is 0. The predicted molar refractivity (Wildman–Crippen MR) is 178 cm³/mol. The molecule has 41 heavy (non-hydrogen) atoms. The molecule has 4 atom stereocenters. The topological polar surface area (TPSA) is 0 Å². The molecule has 0 saturated carbocycles. The molecule has 0 bridgehead atoms. The average molecular weight is 557 g/mol. The molecule has 0 fully saturated rings. The maximum absolute atomic E-state index is 2.73. The maximum Gasteiger partial charge on any atom is 0.0172 e. The molecule has 4 unspecified atom stereocenters. The Hall–Kier alpha value is -2.77. The van der Waals surface area contributed by atoms with Gasteiger partial charge in [-0.3, -0.25) is 0 Å². The van der Waals surface area contributed by atoms with E-state index >= 15 is 0 Å². The Kier molecular flexibility index (Phi) is 6.08. The van der Waals surface area contributed by atoms with E-state index < -0.39 is 10.0 Å². The van der Waals surface area contributed by atoms with E-state index in [1.54, 1.807) is 55.6 Å². The van der Waals surface area contributed by atoms with E-state index in [0.717, 1.165) is 0 Å². The molecule has 4 aliphatic rings. The van der Waals surface area contributed by atoms with Gasteiger partial charge in [-0.05, 0) is 142 Å². The molecule has 0 radical (unpaired) electrons. The van der Waals surface area contributed by atoms with Crippen molar-refractivity contribution in [1.29, 1.82) is 0 Å². The van der Waals surface area contributed by atoms with Crippen molar-refractivity contribution in [2.45, 2.75) is 75.7 Å². The SMILES string of the molecule is CC1Cc2c(cc3c(c2-c2ccccc2)CCC3)C1S(C)(C)C1c2cc3c(c(-c4ccccc4)c2CC1C)CCC3. The van der Waals surface area contributed by atoms with E-state index in [4.69, 9.17) is 0 Å². The lowest BCUT2D eigenvalue weighted by molar-refractivity contribution is 0.578. The first-order valence-corrected chi connectivity index (χ1v) is 18.7. The molecule has 4 aliphatic carbocycles. The van der Waals surface area contributed by atoms with Crippen LogP contribution in [-0.4, -0.2) is 12.5 Å². The largest absolute Gasteiger partial charge is 0.233 e. The Bertz CT molecular complexity index is 1520. The lowest BCUT2D eigenvalue weighted by Gasteiger charge is -2.48. The lowest BCUT2D eigenvalue weighted by Crippen LogP contribution is -2.21. The van der Waals surface area contributed by atoms with Gasteiger partial charge in [0.15, 0.2) is 0 Å². The molecular weight excluding hydrogens is 513 g/mol. The molecule has 0 saturated heterocycles. The monoisotopic (exact) mass is 556 g/mol. The van der Waals surface area contributed by atoms with E-state index in [0.29, 0.717) is 22.3 Å². The van der Waals surface area contributed by atoms with E-state index in [1.807, 2.05) is 0 Å². The molecule has 0 N–H and O–H groups in total. The van der Waals surface area contributed by atoms with Crippen LogP contribution in [-0.2, 0) is 38.5 Å². The van der Waals surface area contributed by atoms with E-state index in [1.165, 1.54) is 62.5 Å². The quantitative estimate of drug-likeness (QED) is 0.235. The molecule has 4 aromatic carbocycles. The van der Waals surface area contributed by atoms with Gasteiger partial charge in [0.05, 0.1) is 0 Å². The summed E-state index contributed by atoms with van der Waals surface area (Å²) in [5, 5.41) is 1.33. The fraction of sp³-hybridized carbons (Fsp3) is 0.400. The standard InChI is InChI=1S/C40H44S/c1-25-21-33-35(23-29-17-11-19-31(29)37(33)27-13-7-5-8-14-27)39(25)41(3,4)40-26(2)22-34-36(40)24-30-18-12-20-32(30)38(34)28-15-9-6-10-16-28/h5-10,13-16,23-26,39-40H,11-12,17-22H2,1-4H3. The van der Waals surface area contributed by atoms with Gasteiger partial charge in [-0.1, -0.05) is 86.6 Å². The zero-order valence-electron chi connectivity index (χ0n) is 25.3. The number of aryl methyl sites for hydroxylation is 2. The first kappa shape index (κ1) is 25.9. The zero-order chi connectivity index (χ0) is 27.9. The van der Waals surface area contributed by atoms with Crippen molar-refractivity contribution in [2.75, 3.05) is 12.5 Å². The minimum atomic E-state index is -0.996. The highest BCUT2D eigenvalue weighted by atomic mass is 32.3. The third kappa shape index (κ3) is 3.87. The van der Waals surface area contributed by atoms with Crippen molar-refractivity contribution in [3.8, 4) is 22.3 Å². The van der Waals surface area contributed by atoms with Crippen LogP contribution in [0.25, 0.3) is 22.3 Å². The van der Waals surface area contributed by atoms with Crippen LogP contribution in [0.4, 0.5) is 0 Å². The summed E-state index contributed by atoms with van der Waals surface area (Å²) >= 11 is 0. The van der Waals surface area contributed by atoms with Crippen LogP contribution in [0.2, 0.25) is 0 Å². The van der Waals surface area contributed by atoms with Crippen LogP contribution in [0.1, 0.15) is 81.7 Å². The third-order valence-electron chi connectivity index (χ3n) is 11.2. The number of hydrogen-bond donors (Lipinski definition) is 0. The molecule has 1 heteroatoms. The minimum absolute atomic E-state index is 0.665. The summed E-state index contributed by atoms with van der Waals surface area (Å²) in [5.74, 6) is 1.39. The van der Waals surface area contributed by atoms with Gasteiger partial charge in [-0.15, -0.1) is 0 Å². The van der Waals surface area contributed by atoms with Crippen LogP contribution >= 0.6 is 10.0 Å². The molecular formula is C40H44S. The Balaban J connectivity index is 1.29. The van der Waals surface area contributed by atoms with Crippen molar-refractivity contribution >= 4 is 10.0 Å². The summed E-state index contributed by atoms with van der Waals surface area (Å²) in [6.07, 6.45) is 15.6. The zero-order valence-corrected chi connectivity index (χ0v) is 26.1. The Morgan fingerprint density at radius 2 is 0.951 bits per heavy atom. The second-order valence-electron chi connectivity index (χ2n) is 14.0. The van der Waals surface area contributed by atoms with Crippen molar-refractivity contribution < 1.29 is 0 Å². The van der Waals surface area contributed by atoms with Gasteiger partial charge in [0.25, 0.3) is 0 Å². The number of rotatable bonds is 4. The molecule has 0 aromatic heterocycles. The summed E-state index contributed by atoms with van der Waals surface area (Å²) in [6, 6.07) is 28.2. The van der Waals surface area contributed by atoms with Crippen molar-refractivity contribution in [2.24, 2.45) is 11.8 Å². The molecule has 0 nitrogen and oxygen atoms in total. The first-order chi connectivity index (χ1) is 19.9. The van der Waals surface area contributed by atoms with Crippen LogP contribution in [0.3, 0.4) is 0 Å². The Labute approximate surface area is 248 Å². The fourth-order valence-electron chi connectivity index (χ4n) is 9.96. The number of fused-ring (bicyclic) bond motifs is 4. The van der Waals surface area contributed by atoms with Crippen LogP contribution in [0.15, 0.2) is 72.8 Å². The second kappa shape index (κ2) is 9.63. The second-order valence-corrected chi connectivity index (χ2v) is 18.0. The van der Waals surface area contributed by atoms with Gasteiger partial charge in [0.1, 0.15) is 0 Å². The van der Waals surface area contributed by atoms with Crippen LogP contribution in [0, 0.1) is 11.8 Å². The summed E-state index contributed by atoms with van der Waals surface area (Å²) in [6.45, 7) is 5.16. The van der Waals surface area contributed by atoms with Crippen LogP contribution in [0.5, 0.6) is 0 Å². The average Bonchev–Trinajstić information content (AvgIpc) is 3.75. The summed E-state index contributed by atoms with van der Waals surface area (Å²) < 4.78 is 0. The maximum atomic E-state index is 2.73. The van der Waals surface area contributed by atoms with Crippen molar-refractivity contribution in [3.63, 3.8) is 0 Å². The summed E-state index contributed by atoms with van der Waals surface area (Å²) in [7, 11) is -0.996. The van der Waals surface area contributed by atoms with E-state index in [2.05, 4.69) is 99.2 Å². The highest BCUT2D eigenvalue weighted by molar-refractivity contribution is 8.33. The van der Waals surface area contributed by atoms with E-state index in [9.17, 15) is 0 Å². The molecule has 8 rings (SSSR count). The normalized spacial score (nSPS) is 24.7. The summed E-state index contributed by atoms with van der Waals surface area (Å²) in [4.78, 5) is 0. The Morgan fingerprint density at radius 3 is 1.37 bits per heavy atom. The van der Waals surface area contributed by atoms with E-state index in [-0.39, 0.29) is 0 Å². The molecule has 4 aromatic rings. The van der Waals surface area contributed by atoms with Crippen molar-refractivity contribution in [1.82, 2.24) is 0 Å². The third-order valence-corrected chi connectivity index (χ3v) is 15.3. The molecule has 0 spiro atoms. The van der Waals surface area contributed by atoms with Gasteiger partial charge < -0.3 is 0 Å². The lowest BCUT2D eigenvalue weighted by atomic mass is 9.89. The number of benzene rings is 4. The smallest absolute Gasteiger partial charge is 0.0172 e. The Morgan fingerprint density at radius 1 is 0.537 bits per heavy atom. The predicted octanol–water partition coefficient (Wildman–Crippen LogP) is 10.2. The molecule has 0 heterocycles. The fourth-order valence-corrected chi connectivity index (χ4v) is 14.6. The molecule has 0 amide bonds. The van der Waals surface area contributed by atoms with Gasteiger partial charge in [-0.25, -0.2) is 10.0 Å². The highest BCUT2D eigenvalue weighted by Gasteiger charge is 2.48. The van der Waals surface area contributed by atoms with Gasteiger partial charge >= 0.3 is 0 Å². The van der Waals surface area contributed by atoms with Gasteiger partial charge in [0.2, 0.25) is 0 Å². The first-order valence-electron chi connectivity index (χ1n) is 16.1.